The van der Waals surface area contributed by atoms with Crippen molar-refractivity contribution in [3.05, 3.63) is 29.8 Å². The van der Waals surface area contributed by atoms with Gasteiger partial charge in [0.05, 0.1) is 6.61 Å². The van der Waals surface area contributed by atoms with Gasteiger partial charge in [0.15, 0.2) is 0 Å². The molecule has 0 saturated heterocycles. The maximum atomic E-state index is 13.6. The molecule has 1 aromatic carbocycles. The maximum Gasteiger partial charge on any atom is 0.247 e. The van der Waals surface area contributed by atoms with Gasteiger partial charge >= 0.3 is 0 Å². The van der Waals surface area contributed by atoms with Gasteiger partial charge in [-0.3, -0.25) is 0 Å². The van der Waals surface area contributed by atoms with E-state index in [9.17, 15) is 13.5 Å². The predicted octanol–water partition coefficient (Wildman–Crippen LogP) is 3.75. The standard InChI is InChI=1S/C24H38N2O4S/c1-5-13-25(4)16-23-18(2)15-26(19(3)17-27)31(28,29)24-12-11-21(14-22(24)30-23)20-9-7-6-8-10-20/h9,11-12,14,18-19,23,27H,5-8,10,13,15-17H2,1-4H3/t18-,19+,23-/m0/s1. The minimum absolute atomic E-state index is 0.0196. The van der Waals surface area contributed by atoms with Gasteiger partial charge in [0.25, 0.3) is 0 Å². The Kier molecular flexibility index (Phi) is 8.19. The summed E-state index contributed by atoms with van der Waals surface area (Å²) in [5, 5.41) is 9.76. The van der Waals surface area contributed by atoms with Crippen molar-refractivity contribution in [1.82, 2.24) is 9.21 Å². The first-order valence-electron chi connectivity index (χ1n) is 11.6. The molecule has 3 atom stereocenters. The van der Waals surface area contributed by atoms with Crippen molar-refractivity contribution < 1.29 is 18.3 Å². The fourth-order valence-electron chi connectivity index (χ4n) is 4.52. The van der Waals surface area contributed by atoms with Crippen LogP contribution in [-0.4, -0.2) is 68.2 Å². The number of aliphatic hydroxyl groups is 1. The first kappa shape index (κ1) is 24.2. The molecular weight excluding hydrogens is 412 g/mol. The van der Waals surface area contributed by atoms with Crippen molar-refractivity contribution in [3.8, 4) is 5.75 Å². The van der Waals surface area contributed by atoms with E-state index in [0.717, 1.165) is 44.3 Å². The highest BCUT2D eigenvalue weighted by atomic mass is 32.2. The molecule has 3 rings (SSSR count). The molecule has 0 bridgehead atoms. The zero-order chi connectivity index (χ0) is 22.6. The third-order valence-corrected chi connectivity index (χ3v) is 8.45. The molecule has 31 heavy (non-hydrogen) atoms. The fraction of sp³-hybridized carbons (Fsp3) is 0.667. The van der Waals surface area contributed by atoms with Crippen molar-refractivity contribution in [2.75, 3.05) is 33.3 Å². The number of hydrogen-bond donors (Lipinski definition) is 1. The zero-order valence-corrected chi connectivity index (χ0v) is 20.2. The van der Waals surface area contributed by atoms with Crippen molar-refractivity contribution >= 4 is 15.6 Å². The second kappa shape index (κ2) is 10.5. The Morgan fingerprint density at radius 3 is 2.74 bits per heavy atom. The Morgan fingerprint density at radius 2 is 2.10 bits per heavy atom. The summed E-state index contributed by atoms with van der Waals surface area (Å²) in [6, 6.07) is 5.02. The van der Waals surface area contributed by atoms with E-state index >= 15 is 0 Å². The lowest BCUT2D eigenvalue weighted by atomic mass is 9.93. The third kappa shape index (κ3) is 5.51. The number of sulfonamides is 1. The summed E-state index contributed by atoms with van der Waals surface area (Å²) in [5.41, 5.74) is 2.31. The number of nitrogens with zero attached hydrogens (tertiary/aromatic N) is 2. The lowest BCUT2D eigenvalue weighted by Gasteiger charge is -2.37. The molecule has 6 nitrogen and oxygen atoms in total. The van der Waals surface area contributed by atoms with Crippen LogP contribution < -0.4 is 4.74 Å². The molecular formula is C24H38N2O4S. The van der Waals surface area contributed by atoms with Gasteiger partial charge in [0.2, 0.25) is 10.0 Å². The minimum atomic E-state index is -3.78. The van der Waals surface area contributed by atoms with E-state index in [1.54, 1.807) is 13.0 Å². The predicted molar refractivity (Wildman–Crippen MR) is 125 cm³/mol. The Labute approximate surface area is 187 Å². The molecule has 1 aromatic rings. The molecule has 7 heteroatoms. The zero-order valence-electron chi connectivity index (χ0n) is 19.4. The SMILES string of the molecule is CCCN(C)C[C@@H]1Oc2cc(C3=CCCCC3)ccc2S(=O)(=O)N([C@H](C)CO)C[C@@H]1C. The van der Waals surface area contributed by atoms with Crippen molar-refractivity contribution in [2.24, 2.45) is 5.92 Å². The number of benzene rings is 1. The molecule has 1 aliphatic heterocycles. The summed E-state index contributed by atoms with van der Waals surface area (Å²) in [7, 11) is -1.70. The van der Waals surface area contributed by atoms with E-state index in [-0.39, 0.29) is 23.5 Å². The lowest BCUT2D eigenvalue weighted by Crippen LogP contribution is -2.49. The number of allylic oxidation sites excluding steroid dienone is 2. The molecule has 2 aliphatic rings. The van der Waals surface area contributed by atoms with Crippen LogP contribution in [0.25, 0.3) is 5.57 Å². The summed E-state index contributed by atoms with van der Waals surface area (Å²) < 4.78 is 35.0. The summed E-state index contributed by atoms with van der Waals surface area (Å²) in [5.74, 6) is 0.411. The average Bonchev–Trinajstić information content (AvgIpc) is 2.76. The normalized spacial score (nSPS) is 25.2. The second-order valence-corrected chi connectivity index (χ2v) is 11.0. The molecule has 0 spiro atoms. The first-order valence-corrected chi connectivity index (χ1v) is 13.0. The molecule has 1 aliphatic carbocycles. The van der Waals surface area contributed by atoms with Crippen LogP contribution in [0.5, 0.6) is 5.75 Å². The highest BCUT2D eigenvalue weighted by molar-refractivity contribution is 7.89. The van der Waals surface area contributed by atoms with E-state index in [1.807, 2.05) is 19.1 Å². The van der Waals surface area contributed by atoms with Gasteiger partial charge in [0.1, 0.15) is 16.7 Å². The quantitative estimate of drug-likeness (QED) is 0.685. The molecule has 1 N–H and O–H groups in total. The maximum absolute atomic E-state index is 13.6. The molecule has 0 unspecified atom stereocenters. The van der Waals surface area contributed by atoms with Gasteiger partial charge < -0.3 is 14.7 Å². The summed E-state index contributed by atoms with van der Waals surface area (Å²) in [6.45, 7) is 7.73. The van der Waals surface area contributed by atoms with E-state index in [2.05, 4.69) is 24.9 Å². The van der Waals surface area contributed by atoms with Crippen LogP contribution in [-0.2, 0) is 10.0 Å². The number of rotatable bonds is 7. The largest absolute Gasteiger partial charge is 0.487 e. The number of ether oxygens (including phenoxy) is 1. The van der Waals surface area contributed by atoms with Crippen molar-refractivity contribution in [3.63, 3.8) is 0 Å². The third-order valence-electron chi connectivity index (χ3n) is 6.43. The van der Waals surface area contributed by atoms with E-state index in [4.69, 9.17) is 4.74 Å². The van der Waals surface area contributed by atoms with Crippen LogP contribution in [0, 0.1) is 5.92 Å². The van der Waals surface area contributed by atoms with Gasteiger partial charge in [-0.1, -0.05) is 26.0 Å². The molecule has 174 valence electrons. The molecule has 0 amide bonds. The lowest BCUT2D eigenvalue weighted by molar-refractivity contribution is 0.0752. The van der Waals surface area contributed by atoms with Crippen LogP contribution in [0.2, 0.25) is 0 Å². The van der Waals surface area contributed by atoms with E-state index < -0.39 is 16.1 Å². The van der Waals surface area contributed by atoms with Gasteiger partial charge in [-0.05, 0) is 75.9 Å². The smallest absolute Gasteiger partial charge is 0.247 e. The molecule has 1 heterocycles. The number of likely N-dealkylation sites (N-methyl/N-ethyl adjacent to an activating group) is 1. The van der Waals surface area contributed by atoms with Gasteiger partial charge in [-0.25, -0.2) is 8.42 Å². The van der Waals surface area contributed by atoms with Crippen molar-refractivity contribution in [1.29, 1.82) is 0 Å². The molecule has 0 aromatic heterocycles. The second-order valence-electron chi connectivity index (χ2n) is 9.14. The van der Waals surface area contributed by atoms with E-state index in [1.165, 1.54) is 16.3 Å². The average molecular weight is 451 g/mol. The fourth-order valence-corrected chi connectivity index (χ4v) is 6.35. The van der Waals surface area contributed by atoms with Gasteiger partial charge in [-0.2, -0.15) is 4.31 Å². The summed E-state index contributed by atoms with van der Waals surface area (Å²) in [4.78, 5) is 2.44. The van der Waals surface area contributed by atoms with E-state index in [0.29, 0.717) is 12.3 Å². The van der Waals surface area contributed by atoms with Crippen LogP contribution >= 0.6 is 0 Å². The molecule has 0 radical (unpaired) electrons. The highest BCUT2D eigenvalue weighted by Crippen LogP contribution is 2.37. The van der Waals surface area contributed by atoms with Crippen molar-refractivity contribution in [2.45, 2.75) is 69.9 Å². The van der Waals surface area contributed by atoms with Crippen LogP contribution in [0.1, 0.15) is 58.4 Å². The summed E-state index contributed by atoms with van der Waals surface area (Å²) in [6.07, 6.45) is 7.61. The van der Waals surface area contributed by atoms with Gasteiger partial charge in [0, 0.05) is 25.0 Å². The minimum Gasteiger partial charge on any atom is -0.487 e. The van der Waals surface area contributed by atoms with Gasteiger partial charge in [-0.15, -0.1) is 0 Å². The van der Waals surface area contributed by atoms with Crippen LogP contribution in [0.3, 0.4) is 0 Å². The topological polar surface area (TPSA) is 70.1 Å². The Balaban J connectivity index is 2.06. The monoisotopic (exact) mass is 450 g/mol. The van der Waals surface area contributed by atoms with Crippen LogP contribution in [0.4, 0.5) is 0 Å². The van der Waals surface area contributed by atoms with Crippen LogP contribution in [0.15, 0.2) is 29.2 Å². The Hall–Kier alpha value is -1.41. The summed E-state index contributed by atoms with van der Waals surface area (Å²) >= 11 is 0. The first-order chi connectivity index (χ1) is 14.8. The Bertz CT molecular complexity index is 884. The molecule has 0 saturated carbocycles. The number of fused-ring (bicyclic) bond motifs is 1. The molecule has 0 fully saturated rings. The number of aliphatic hydroxyl groups excluding tert-OH is 1. The number of hydrogen-bond acceptors (Lipinski definition) is 5. The highest BCUT2D eigenvalue weighted by Gasteiger charge is 2.38. The Morgan fingerprint density at radius 1 is 1.32 bits per heavy atom.